The summed E-state index contributed by atoms with van der Waals surface area (Å²) >= 11 is 0. The van der Waals surface area contributed by atoms with Gasteiger partial charge in [-0.1, -0.05) is 32.8 Å². The topological polar surface area (TPSA) is 20.2 Å². The number of aliphatic hydroxyl groups excluding tert-OH is 1. The van der Waals surface area contributed by atoms with Gasteiger partial charge in [0.1, 0.15) is 0 Å². The fourth-order valence-corrected chi connectivity index (χ4v) is 0.922. The van der Waals surface area contributed by atoms with Gasteiger partial charge in [-0.25, -0.2) is 0 Å². The van der Waals surface area contributed by atoms with Crippen LogP contribution in [0.2, 0.25) is 0 Å². The first-order valence-corrected chi connectivity index (χ1v) is 4.27. The van der Waals surface area contributed by atoms with Crippen LogP contribution in [0, 0.1) is 0 Å². The van der Waals surface area contributed by atoms with Gasteiger partial charge in [-0.15, -0.1) is 5.73 Å². The molecule has 0 saturated heterocycles. The van der Waals surface area contributed by atoms with Crippen molar-refractivity contribution in [1.29, 1.82) is 0 Å². The molecule has 0 radical (unpaired) electrons. The molecule has 0 aromatic heterocycles. The van der Waals surface area contributed by atoms with Crippen molar-refractivity contribution < 1.29 is 5.11 Å². The molecule has 0 aliphatic heterocycles. The summed E-state index contributed by atoms with van der Waals surface area (Å²) < 4.78 is 0. The van der Waals surface area contributed by atoms with E-state index >= 15 is 0 Å². The van der Waals surface area contributed by atoms with Crippen LogP contribution in [0.5, 0.6) is 0 Å². The summed E-state index contributed by atoms with van der Waals surface area (Å²) in [6.07, 6.45) is 4.02. The molecule has 64 valence electrons. The molecule has 0 aromatic rings. The van der Waals surface area contributed by atoms with Crippen LogP contribution in [0.15, 0.2) is 17.9 Å². The summed E-state index contributed by atoms with van der Waals surface area (Å²) in [5, 5.41) is 9.40. The Morgan fingerprint density at radius 2 is 2.18 bits per heavy atom. The first kappa shape index (κ1) is 10.5. The van der Waals surface area contributed by atoms with E-state index in [-0.39, 0.29) is 6.10 Å². The van der Waals surface area contributed by atoms with Crippen molar-refractivity contribution in [3.63, 3.8) is 0 Å². The lowest BCUT2D eigenvalue weighted by molar-refractivity contribution is 0.196. The van der Waals surface area contributed by atoms with Gasteiger partial charge in [0.05, 0.1) is 6.10 Å². The monoisotopic (exact) mass is 154 g/mol. The SMILES string of the molecule is C=C=C(C)C(O)CCCCC. The minimum atomic E-state index is -0.320. The molecular formula is C10H18O. The Kier molecular flexibility index (Phi) is 5.91. The van der Waals surface area contributed by atoms with Crippen LogP contribution >= 0.6 is 0 Å². The summed E-state index contributed by atoms with van der Waals surface area (Å²) in [6.45, 7) is 7.51. The molecule has 0 aliphatic carbocycles. The summed E-state index contributed by atoms with van der Waals surface area (Å²) in [7, 11) is 0. The quantitative estimate of drug-likeness (QED) is 0.477. The number of hydrogen-bond acceptors (Lipinski definition) is 1. The fourth-order valence-electron chi connectivity index (χ4n) is 0.922. The molecule has 0 amide bonds. The van der Waals surface area contributed by atoms with Crippen LogP contribution in [0.1, 0.15) is 39.5 Å². The van der Waals surface area contributed by atoms with E-state index in [2.05, 4.69) is 19.2 Å². The molecule has 1 N–H and O–H groups in total. The van der Waals surface area contributed by atoms with Crippen molar-refractivity contribution in [2.24, 2.45) is 0 Å². The van der Waals surface area contributed by atoms with Crippen molar-refractivity contribution >= 4 is 0 Å². The lowest BCUT2D eigenvalue weighted by Gasteiger charge is -2.07. The second-order valence-electron chi connectivity index (χ2n) is 2.87. The first-order chi connectivity index (χ1) is 5.22. The normalized spacial score (nSPS) is 12.3. The van der Waals surface area contributed by atoms with Crippen LogP contribution in [0.3, 0.4) is 0 Å². The van der Waals surface area contributed by atoms with Crippen molar-refractivity contribution in [3.8, 4) is 0 Å². The van der Waals surface area contributed by atoms with Gasteiger partial charge in [0.2, 0.25) is 0 Å². The summed E-state index contributed by atoms with van der Waals surface area (Å²) in [6, 6.07) is 0. The van der Waals surface area contributed by atoms with Crippen LogP contribution < -0.4 is 0 Å². The third-order valence-electron chi connectivity index (χ3n) is 1.86. The Morgan fingerprint density at radius 1 is 1.55 bits per heavy atom. The lowest BCUT2D eigenvalue weighted by atomic mass is 10.1. The van der Waals surface area contributed by atoms with E-state index in [4.69, 9.17) is 0 Å². The van der Waals surface area contributed by atoms with Crippen molar-refractivity contribution in [2.75, 3.05) is 0 Å². The predicted octanol–water partition coefficient (Wildman–Crippen LogP) is 2.66. The van der Waals surface area contributed by atoms with Gasteiger partial charge < -0.3 is 5.11 Å². The average Bonchev–Trinajstić information content (AvgIpc) is 2.03. The molecule has 0 saturated carbocycles. The highest BCUT2D eigenvalue weighted by molar-refractivity contribution is 5.00. The first-order valence-electron chi connectivity index (χ1n) is 4.27. The van der Waals surface area contributed by atoms with Gasteiger partial charge in [-0.05, 0) is 18.9 Å². The smallest absolute Gasteiger partial charge is 0.0820 e. The van der Waals surface area contributed by atoms with Gasteiger partial charge in [0, 0.05) is 0 Å². The van der Waals surface area contributed by atoms with E-state index in [0.717, 1.165) is 18.4 Å². The predicted molar refractivity (Wildman–Crippen MR) is 48.5 cm³/mol. The van der Waals surface area contributed by atoms with Crippen molar-refractivity contribution in [2.45, 2.75) is 45.6 Å². The van der Waals surface area contributed by atoms with Crippen molar-refractivity contribution in [3.05, 3.63) is 17.9 Å². The zero-order valence-corrected chi connectivity index (χ0v) is 7.56. The van der Waals surface area contributed by atoms with Gasteiger partial charge in [-0.3, -0.25) is 0 Å². The number of unbranched alkanes of at least 4 members (excludes halogenated alkanes) is 2. The van der Waals surface area contributed by atoms with E-state index < -0.39 is 0 Å². The molecule has 0 aromatic carbocycles. The Labute approximate surface area is 69.4 Å². The Hall–Kier alpha value is -0.520. The minimum absolute atomic E-state index is 0.320. The zero-order valence-electron chi connectivity index (χ0n) is 7.56. The van der Waals surface area contributed by atoms with Crippen LogP contribution in [0.25, 0.3) is 0 Å². The molecule has 1 atom stereocenters. The maximum atomic E-state index is 9.40. The van der Waals surface area contributed by atoms with E-state index in [1.54, 1.807) is 0 Å². The van der Waals surface area contributed by atoms with E-state index in [0.29, 0.717) is 0 Å². The summed E-state index contributed by atoms with van der Waals surface area (Å²) in [4.78, 5) is 0. The van der Waals surface area contributed by atoms with Gasteiger partial charge in [0.15, 0.2) is 0 Å². The molecule has 0 spiro atoms. The molecule has 1 unspecified atom stereocenters. The molecule has 0 bridgehead atoms. The third-order valence-corrected chi connectivity index (χ3v) is 1.86. The van der Waals surface area contributed by atoms with E-state index in [1.807, 2.05) is 6.92 Å². The maximum absolute atomic E-state index is 9.40. The van der Waals surface area contributed by atoms with Crippen LogP contribution in [-0.4, -0.2) is 11.2 Å². The second-order valence-corrected chi connectivity index (χ2v) is 2.87. The van der Waals surface area contributed by atoms with Gasteiger partial charge in [0.25, 0.3) is 0 Å². The highest BCUT2D eigenvalue weighted by Gasteiger charge is 2.03. The largest absolute Gasteiger partial charge is 0.388 e. The standard InChI is InChI=1S/C10H18O/c1-4-6-7-8-10(11)9(3)5-2/h10-11H,2,4,6-8H2,1,3H3. The van der Waals surface area contributed by atoms with Crippen molar-refractivity contribution in [1.82, 2.24) is 0 Å². The minimum Gasteiger partial charge on any atom is -0.388 e. The van der Waals surface area contributed by atoms with Crippen LogP contribution in [-0.2, 0) is 0 Å². The highest BCUT2D eigenvalue weighted by Crippen LogP contribution is 2.08. The molecule has 0 rings (SSSR count). The van der Waals surface area contributed by atoms with E-state index in [9.17, 15) is 5.11 Å². The molecule has 1 heteroatoms. The Morgan fingerprint density at radius 3 is 2.64 bits per heavy atom. The third kappa shape index (κ3) is 4.83. The number of aliphatic hydroxyl groups is 1. The zero-order chi connectivity index (χ0) is 8.69. The Balaban J connectivity index is 3.52. The van der Waals surface area contributed by atoms with Crippen LogP contribution in [0.4, 0.5) is 0 Å². The summed E-state index contributed by atoms with van der Waals surface area (Å²) in [5.41, 5.74) is 3.57. The summed E-state index contributed by atoms with van der Waals surface area (Å²) in [5.74, 6) is 0. The molecule has 0 fully saturated rings. The number of hydrogen-bond donors (Lipinski definition) is 1. The molecule has 0 aliphatic rings. The molecule has 1 nitrogen and oxygen atoms in total. The van der Waals surface area contributed by atoms with Gasteiger partial charge >= 0.3 is 0 Å². The van der Waals surface area contributed by atoms with Gasteiger partial charge in [-0.2, -0.15) is 0 Å². The maximum Gasteiger partial charge on any atom is 0.0820 e. The van der Waals surface area contributed by atoms with E-state index in [1.165, 1.54) is 12.8 Å². The molecule has 0 heterocycles. The number of rotatable bonds is 5. The fraction of sp³-hybridized carbons (Fsp3) is 0.700. The second kappa shape index (κ2) is 6.21. The Bertz CT molecular complexity index is 143. The lowest BCUT2D eigenvalue weighted by Crippen LogP contribution is -2.06. The molecule has 11 heavy (non-hydrogen) atoms. The average molecular weight is 154 g/mol. The molecular weight excluding hydrogens is 136 g/mol. The highest BCUT2D eigenvalue weighted by atomic mass is 16.3.